The highest BCUT2D eigenvalue weighted by Gasteiger charge is 2.28. The molecule has 2 aliphatic rings. The minimum atomic E-state index is 0.357. The summed E-state index contributed by atoms with van der Waals surface area (Å²) in [5.74, 6) is 0.573. The van der Waals surface area contributed by atoms with E-state index in [-0.39, 0.29) is 0 Å². The largest absolute Gasteiger partial charge is 0.381 e. The highest BCUT2D eigenvalue weighted by molar-refractivity contribution is 4.82. The van der Waals surface area contributed by atoms with Gasteiger partial charge in [0.05, 0.1) is 19.3 Å². The number of fused-ring (bicyclic) bond motifs is 1. The van der Waals surface area contributed by atoms with Crippen LogP contribution in [0, 0.1) is 5.92 Å². The van der Waals surface area contributed by atoms with Gasteiger partial charge < -0.3 is 14.8 Å². The van der Waals surface area contributed by atoms with Crippen molar-refractivity contribution in [1.29, 1.82) is 0 Å². The summed E-state index contributed by atoms with van der Waals surface area (Å²) in [4.78, 5) is 0. The number of nitrogens with one attached hydrogen (secondary N) is 1. The molecule has 0 spiro atoms. The van der Waals surface area contributed by atoms with Crippen LogP contribution >= 0.6 is 0 Å². The van der Waals surface area contributed by atoms with E-state index in [4.69, 9.17) is 9.47 Å². The summed E-state index contributed by atoms with van der Waals surface area (Å²) < 4.78 is 11.0. The van der Waals surface area contributed by atoms with Gasteiger partial charge in [0.25, 0.3) is 0 Å². The smallest absolute Gasteiger partial charge is 0.0671 e. The van der Waals surface area contributed by atoms with Crippen molar-refractivity contribution in [2.24, 2.45) is 5.92 Å². The summed E-state index contributed by atoms with van der Waals surface area (Å²) in [6.07, 6.45) is 1.50. The van der Waals surface area contributed by atoms with Crippen LogP contribution in [0.25, 0.3) is 0 Å². The molecule has 3 nitrogen and oxygen atoms in total. The van der Waals surface area contributed by atoms with E-state index in [0.717, 1.165) is 32.8 Å². The minimum absolute atomic E-state index is 0.357. The zero-order valence-corrected chi connectivity index (χ0v) is 7.58. The Kier molecular flexibility index (Phi) is 2.63. The van der Waals surface area contributed by atoms with Crippen molar-refractivity contribution in [1.82, 2.24) is 5.32 Å². The van der Waals surface area contributed by atoms with Crippen LogP contribution in [0.1, 0.15) is 13.3 Å². The maximum absolute atomic E-state index is 5.63. The third-order valence-electron chi connectivity index (χ3n) is 2.74. The van der Waals surface area contributed by atoms with E-state index in [1.54, 1.807) is 0 Å². The van der Waals surface area contributed by atoms with Crippen molar-refractivity contribution in [3.8, 4) is 0 Å². The fourth-order valence-corrected chi connectivity index (χ4v) is 1.89. The molecular weight excluding hydrogens is 154 g/mol. The van der Waals surface area contributed by atoms with Crippen LogP contribution in [-0.4, -0.2) is 38.5 Å². The molecule has 0 bridgehead atoms. The molecule has 12 heavy (non-hydrogen) atoms. The lowest BCUT2D eigenvalue weighted by molar-refractivity contribution is -0.00774. The fourth-order valence-electron chi connectivity index (χ4n) is 1.89. The van der Waals surface area contributed by atoms with Crippen LogP contribution in [0.3, 0.4) is 0 Å². The molecule has 2 aliphatic heterocycles. The average molecular weight is 171 g/mol. The molecule has 0 aromatic heterocycles. The van der Waals surface area contributed by atoms with Crippen molar-refractivity contribution < 1.29 is 9.47 Å². The lowest BCUT2D eigenvalue weighted by Gasteiger charge is -2.29. The van der Waals surface area contributed by atoms with E-state index >= 15 is 0 Å². The van der Waals surface area contributed by atoms with E-state index in [0.29, 0.717) is 18.1 Å². The van der Waals surface area contributed by atoms with Gasteiger partial charge >= 0.3 is 0 Å². The first-order chi connectivity index (χ1) is 5.86. The van der Waals surface area contributed by atoms with Gasteiger partial charge in [-0.15, -0.1) is 0 Å². The maximum atomic E-state index is 5.63. The molecule has 2 fully saturated rings. The third-order valence-corrected chi connectivity index (χ3v) is 2.74. The predicted octanol–water partition coefficient (Wildman–Crippen LogP) is 0.400. The Morgan fingerprint density at radius 3 is 3.17 bits per heavy atom. The van der Waals surface area contributed by atoms with Crippen LogP contribution in [0.2, 0.25) is 0 Å². The van der Waals surface area contributed by atoms with Crippen LogP contribution in [0.15, 0.2) is 0 Å². The number of hydrogen-bond donors (Lipinski definition) is 1. The summed E-state index contributed by atoms with van der Waals surface area (Å²) in [5.41, 5.74) is 0. The van der Waals surface area contributed by atoms with Crippen molar-refractivity contribution in [2.45, 2.75) is 25.5 Å². The molecular formula is C9H17NO2. The van der Waals surface area contributed by atoms with Crippen LogP contribution in [0.4, 0.5) is 0 Å². The van der Waals surface area contributed by atoms with E-state index in [1.807, 2.05) is 0 Å². The Morgan fingerprint density at radius 2 is 2.25 bits per heavy atom. The minimum Gasteiger partial charge on any atom is -0.381 e. The molecule has 3 heteroatoms. The molecule has 0 saturated carbocycles. The van der Waals surface area contributed by atoms with Crippen molar-refractivity contribution in [3.63, 3.8) is 0 Å². The zero-order valence-electron chi connectivity index (χ0n) is 7.58. The Morgan fingerprint density at radius 1 is 1.33 bits per heavy atom. The standard InChI is InChI=1S/C9H17NO2/c1-7-4-10-9-2-3-11-5-8(9)6-12-7/h7-10H,2-6H2,1H3. The SMILES string of the molecule is CC1CNC2CCOCC2CO1. The fraction of sp³-hybridized carbons (Fsp3) is 1.00. The first-order valence-electron chi connectivity index (χ1n) is 4.79. The molecule has 3 atom stereocenters. The van der Waals surface area contributed by atoms with E-state index in [9.17, 15) is 0 Å². The molecule has 2 saturated heterocycles. The second-order valence-corrected chi connectivity index (χ2v) is 3.78. The van der Waals surface area contributed by atoms with Crippen LogP contribution in [0.5, 0.6) is 0 Å². The van der Waals surface area contributed by atoms with Gasteiger partial charge in [-0.2, -0.15) is 0 Å². The third kappa shape index (κ3) is 1.79. The zero-order chi connectivity index (χ0) is 8.39. The summed E-state index contributed by atoms with van der Waals surface area (Å²) in [5, 5.41) is 3.53. The quantitative estimate of drug-likeness (QED) is 0.572. The van der Waals surface area contributed by atoms with Gasteiger partial charge in [-0.05, 0) is 13.3 Å². The highest BCUT2D eigenvalue weighted by Crippen LogP contribution is 2.18. The molecule has 0 radical (unpaired) electrons. The molecule has 3 unspecified atom stereocenters. The highest BCUT2D eigenvalue weighted by atomic mass is 16.5. The molecule has 0 aromatic rings. The molecule has 0 aromatic carbocycles. The molecule has 2 heterocycles. The van der Waals surface area contributed by atoms with Crippen molar-refractivity contribution >= 4 is 0 Å². The van der Waals surface area contributed by atoms with Crippen molar-refractivity contribution in [3.05, 3.63) is 0 Å². The van der Waals surface area contributed by atoms with Gasteiger partial charge in [0.1, 0.15) is 0 Å². The van der Waals surface area contributed by atoms with Gasteiger partial charge in [-0.3, -0.25) is 0 Å². The van der Waals surface area contributed by atoms with Gasteiger partial charge in [-0.25, -0.2) is 0 Å². The Bertz CT molecular complexity index is 135. The predicted molar refractivity (Wildman–Crippen MR) is 46.1 cm³/mol. The summed E-state index contributed by atoms with van der Waals surface area (Å²) in [7, 11) is 0. The molecule has 70 valence electrons. The maximum Gasteiger partial charge on any atom is 0.0671 e. The Balaban J connectivity index is 1.94. The number of ether oxygens (including phenoxy) is 2. The Hall–Kier alpha value is -0.120. The van der Waals surface area contributed by atoms with E-state index in [1.165, 1.54) is 0 Å². The topological polar surface area (TPSA) is 30.5 Å². The van der Waals surface area contributed by atoms with Crippen LogP contribution in [-0.2, 0) is 9.47 Å². The molecule has 0 amide bonds. The van der Waals surface area contributed by atoms with Gasteiger partial charge in [-0.1, -0.05) is 0 Å². The monoisotopic (exact) mass is 171 g/mol. The van der Waals surface area contributed by atoms with E-state index in [2.05, 4.69) is 12.2 Å². The number of rotatable bonds is 0. The van der Waals surface area contributed by atoms with Crippen LogP contribution < -0.4 is 5.32 Å². The molecule has 0 aliphatic carbocycles. The normalized spacial score (nSPS) is 43.2. The number of hydrogen-bond acceptors (Lipinski definition) is 3. The average Bonchev–Trinajstić information content (AvgIpc) is 2.29. The summed E-state index contributed by atoms with van der Waals surface area (Å²) in [6.45, 7) is 5.73. The summed E-state index contributed by atoms with van der Waals surface area (Å²) >= 11 is 0. The van der Waals surface area contributed by atoms with E-state index < -0.39 is 0 Å². The second-order valence-electron chi connectivity index (χ2n) is 3.78. The first kappa shape index (κ1) is 8.48. The lowest BCUT2D eigenvalue weighted by Crippen LogP contribution is -2.43. The van der Waals surface area contributed by atoms with Gasteiger partial charge in [0, 0.05) is 25.1 Å². The Labute approximate surface area is 73.4 Å². The second kappa shape index (κ2) is 3.73. The molecule has 2 rings (SSSR count). The van der Waals surface area contributed by atoms with Gasteiger partial charge in [0.15, 0.2) is 0 Å². The molecule has 1 N–H and O–H groups in total. The lowest BCUT2D eigenvalue weighted by atomic mass is 9.97. The summed E-state index contributed by atoms with van der Waals surface area (Å²) in [6, 6.07) is 0.628. The van der Waals surface area contributed by atoms with Crippen molar-refractivity contribution in [2.75, 3.05) is 26.4 Å². The van der Waals surface area contributed by atoms with Gasteiger partial charge in [0.2, 0.25) is 0 Å². The first-order valence-corrected chi connectivity index (χ1v) is 4.79.